The third kappa shape index (κ3) is 1.99. The van der Waals surface area contributed by atoms with Gasteiger partial charge in [-0.2, -0.15) is 5.26 Å². The third-order valence-electron chi connectivity index (χ3n) is 4.32. The molecule has 8 nitrogen and oxygen atoms in total. The van der Waals surface area contributed by atoms with Crippen LogP contribution in [0.3, 0.4) is 0 Å². The zero-order valence-electron chi connectivity index (χ0n) is 14.0. The summed E-state index contributed by atoms with van der Waals surface area (Å²) in [5.74, 6) is 0.0614. The van der Waals surface area contributed by atoms with Crippen molar-refractivity contribution in [3.8, 4) is 17.6 Å². The molecule has 0 aliphatic carbocycles. The molecule has 1 aromatic carbocycles. The van der Waals surface area contributed by atoms with Gasteiger partial charge in [-0.05, 0) is 18.1 Å². The molecule has 0 saturated heterocycles. The normalized spacial score (nSPS) is 11.5. The lowest BCUT2D eigenvalue weighted by Gasteiger charge is -2.09. The van der Waals surface area contributed by atoms with Crippen molar-refractivity contribution in [2.75, 3.05) is 0 Å². The van der Waals surface area contributed by atoms with Gasteiger partial charge in [0.05, 0.1) is 16.6 Å². The minimum absolute atomic E-state index is 0.0614. The van der Waals surface area contributed by atoms with Crippen LogP contribution in [-0.2, 0) is 7.05 Å². The molecular formula is C17H15N7O. The van der Waals surface area contributed by atoms with E-state index in [1.807, 2.05) is 42.6 Å². The fourth-order valence-corrected chi connectivity index (χ4v) is 3.12. The first-order valence-corrected chi connectivity index (χ1v) is 7.85. The maximum atomic E-state index is 12.8. The molecule has 0 unspecified atom stereocenters. The van der Waals surface area contributed by atoms with Crippen molar-refractivity contribution in [2.45, 2.75) is 19.8 Å². The summed E-state index contributed by atoms with van der Waals surface area (Å²) in [5, 5.41) is 18.0. The summed E-state index contributed by atoms with van der Waals surface area (Å²) in [6, 6.07) is 7.37. The number of fused-ring (bicyclic) bond motifs is 3. The largest absolute Gasteiger partial charge is 0.295 e. The average molecular weight is 333 g/mol. The predicted octanol–water partition coefficient (Wildman–Crippen LogP) is 1.90. The molecule has 0 bridgehead atoms. The van der Waals surface area contributed by atoms with Crippen LogP contribution in [0.1, 0.15) is 25.5 Å². The number of aryl methyl sites for hydroxylation is 1. The van der Waals surface area contributed by atoms with E-state index >= 15 is 0 Å². The van der Waals surface area contributed by atoms with E-state index in [2.05, 4.69) is 15.3 Å². The van der Waals surface area contributed by atoms with Gasteiger partial charge >= 0.3 is 0 Å². The molecule has 0 aliphatic heterocycles. The van der Waals surface area contributed by atoms with Crippen molar-refractivity contribution in [3.63, 3.8) is 0 Å². The van der Waals surface area contributed by atoms with Crippen molar-refractivity contribution in [1.29, 1.82) is 5.26 Å². The van der Waals surface area contributed by atoms with Crippen LogP contribution in [0.25, 0.3) is 27.9 Å². The highest BCUT2D eigenvalue weighted by atomic mass is 16.1. The first-order chi connectivity index (χ1) is 12.0. The minimum atomic E-state index is -0.119. The second kappa shape index (κ2) is 5.27. The van der Waals surface area contributed by atoms with Crippen LogP contribution in [0.4, 0.5) is 0 Å². The van der Waals surface area contributed by atoms with Gasteiger partial charge in [-0.1, -0.05) is 31.2 Å². The Morgan fingerprint density at radius 1 is 1.24 bits per heavy atom. The fraction of sp³-hybridized carbons (Fsp3) is 0.235. The molecule has 0 fully saturated rings. The van der Waals surface area contributed by atoms with E-state index in [1.54, 1.807) is 24.0 Å². The van der Waals surface area contributed by atoms with Crippen molar-refractivity contribution >= 4 is 16.6 Å². The van der Waals surface area contributed by atoms with Crippen LogP contribution in [-0.4, -0.2) is 28.9 Å². The minimum Gasteiger partial charge on any atom is -0.295 e. The molecular weight excluding hydrogens is 318 g/mol. The van der Waals surface area contributed by atoms with Crippen molar-refractivity contribution in [2.24, 2.45) is 7.05 Å². The van der Waals surface area contributed by atoms with Gasteiger partial charge in [-0.25, -0.2) is 4.98 Å². The Kier molecular flexibility index (Phi) is 3.18. The molecule has 124 valence electrons. The Bertz CT molecular complexity index is 1220. The topological polar surface area (TPSA) is 93.8 Å². The molecule has 25 heavy (non-hydrogen) atoms. The summed E-state index contributed by atoms with van der Waals surface area (Å²) >= 11 is 0. The van der Waals surface area contributed by atoms with Crippen LogP contribution in [0.15, 0.2) is 35.4 Å². The monoisotopic (exact) mass is 333 g/mol. The number of benzene rings is 1. The summed E-state index contributed by atoms with van der Waals surface area (Å²) in [6.07, 6.45) is 3.66. The summed E-state index contributed by atoms with van der Waals surface area (Å²) < 4.78 is 4.55. The number of imidazole rings is 1. The Morgan fingerprint density at radius 2 is 2.00 bits per heavy atom. The van der Waals surface area contributed by atoms with E-state index < -0.39 is 0 Å². The summed E-state index contributed by atoms with van der Waals surface area (Å²) in [7, 11) is 1.70. The van der Waals surface area contributed by atoms with Crippen LogP contribution in [0.5, 0.6) is 0 Å². The average Bonchev–Trinajstić information content (AvgIpc) is 3.23. The first kappa shape index (κ1) is 15.1. The van der Waals surface area contributed by atoms with Gasteiger partial charge < -0.3 is 0 Å². The summed E-state index contributed by atoms with van der Waals surface area (Å²) in [5.41, 5.74) is 2.95. The highest BCUT2D eigenvalue weighted by molar-refractivity contribution is 5.85. The van der Waals surface area contributed by atoms with E-state index in [0.717, 1.165) is 10.2 Å². The smallest absolute Gasteiger partial charge is 0.261 e. The lowest BCUT2D eigenvalue weighted by atomic mass is 10.1. The molecule has 3 aromatic heterocycles. The van der Waals surface area contributed by atoms with Crippen molar-refractivity contribution in [1.82, 2.24) is 28.9 Å². The lowest BCUT2D eigenvalue weighted by Crippen LogP contribution is -2.19. The SMILES string of the molecule is CC(C)c1nnn(C#N)c1-c1ncn2c3ccccc3c(=O)n(C)c12. The van der Waals surface area contributed by atoms with E-state index in [0.29, 0.717) is 28.1 Å². The van der Waals surface area contributed by atoms with Gasteiger partial charge in [0.25, 0.3) is 5.56 Å². The second-order valence-electron chi connectivity index (χ2n) is 6.16. The fourth-order valence-electron chi connectivity index (χ4n) is 3.12. The zero-order chi connectivity index (χ0) is 17.7. The predicted molar refractivity (Wildman–Crippen MR) is 92.1 cm³/mol. The number of aromatic nitrogens is 6. The first-order valence-electron chi connectivity index (χ1n) is 7.85. The third-order valence-corrected chi connectivity index (χ3v) is 4.32. The van der Waals surface area contributed by atoms with Gasteiger partial charge in [-0.3, -0.25) is 13.8 Å². The van der Waals surface area contributed by atoms with Gasteiger partial charge in [0.1, 0.15) is 23.4 Å². The van der Waals surface area contributed by atoms with Gasteiger partial charge in [0.2, 0.25) is 6.19 Å². The van der Waals surface area contributed by atoms with E-state index in [1.165, 1.54) is 0 Å². The lowest BCUT2D eigenvalue weighted by molar-refractivity contribution is 0.782. The summed E-state index contributed by atoms with van der Waals surface area (Å²) in [4.78, 5) is 17.2. The molecule has 0 atom stereocenters. The second-order valence-corrected chi connectivity index (χ2v) is 6.16. The Morgan fingerprint density at radius 3 is 2.72 bits per heavy atom. The van der Waals surface area contributed by atoms with Crippen LogP contribution in [0, 0.1) is 11.5 Å². The maximum Gasteiger partial charge on any atom is 0.261 e. The number of nitrogens with zero attached hydrogens (tertiary/aromatic N) is 7. The zero-order valence-corrected chi connectivity index (χ0v) is 14.0. The quantitative estimate of drug-likeness (QED) is 0.558. The molecule has 4 rings (SSSR count). The van der Waals surface area contributed by atoms with Crippen LogP contribution < -0.4 is 5.56 Å². The standard InChI is InChI=1S/C17H15N7O/c1-10(2)13-15(24(8-18)21-20-13)14-16-22(3)17(25)11-6-4-5-7-12(11)23(16)9-19-14/h4-7,9-10H,1-3H3. The number of para-hydroxylation sites is 1. The molecule has 0 N–H and O–H groups in total. The van der Waals surface area contributed by atoms with Gasteiger partial charge in [0, 0.05) is 7.05 Å². The molecule has 0 spiro atoms. The molecule has 0 amide bonds. The Hall–Kier alpha value is -3.47. The van der Waals surface area contributed by atoms with Gasteiger partial charge in [-0.15, -0.1) is 9.78 Å². The van der Waals surface area contributed by atoms with Crippen molar-refractivity contribution < 1.29 is 0 Å². The van der Waals surface area contributed by atoms with Crippen LogP contribution in [0.2, 0.25) is 0 Å². The highest BCUT2D eigenvalue weighted by Crippen LogP contribution is 2.29. The van der Waals surface area contributed by atoms with Crippen molar-refractivity contribution in [3.05, 3.63) is 46.6 Å². The molecule has 3 heterocycles. The number of nitriles is 1. The molecule has 0 saturated carbocycles. The number of hydrogen-bond acceptors (Lipinski definition) is 5. The molecule has 0 radical (unpaired) electrons. The van der Waals surface area contributed by atoms with E-state index in [4.69, 9.17) is 0 Å². The van der Waals surface area contributed by atoms with Gasteiger partial charge in [0.15, 0.2) is 0 Å². The Labute approximate surface area is 142 Å². The van der Waals surface area contributed by atoms with E-state index in [9.17, 15) is 10.1 Å². The molecule has 8 heteroatoms. The summed E-state index contributed by atoms with van der Waals surface area (Å²) in [6.45, 7) is 3.95. The van der Waals surface area contributed by atoms with E-state index in [-0.39, 0.29) is 11.5 Å². The van der Waals surface area contributed by atoms with Crippen LogP contribution >= 0.6 is 0 Å². The molecule has 4 aromatic rings. The number of rotatable bonds is 2. The highest BCUT2D eigenvalue weighted by Gasteiger charge is 2.24. The maximum absolute atomic E-state index is 12.8. The number of hydrogen-bond donors (Lipinski definition) is 0. The molecule has 0 aliphatic rings. The Balaban J connectivity index is 2.19.